The minimum atomic E-state index is 0.808. The van der Waals surface area contributed by atoms with Gasteiger partial charge in [-0.25, -0.2) is 0 Å². The number of hydrogen-bond acceptors (Lipinski definition) is 2. The third-order valence-electron chi connectivity index (χ3n) is 1.56. The largest absolute Gasteiger partial charge is 0.175 e. The fraction of sp³-hybridized carbons (Fsp3) is 0.333. The van der Waals surface area contributed by atoms with E-state index in [1.807, 2.05) is 0 Å². The van der Waals surface area contributed by atoms with Crippen LogP contribution >= 0.6 is 25.3 Å². The highest BCUT2D eigenvalue weighted by Crippen LogP contribution is 2.12. The molecule has 0 spiro atoms. The first-order chi connectivity index (χ1) is 5.26. The molecule has 0 heterocycles. The lowest BCUT2D eigenvalue weighted by molar-refractivity contribution is 1.29. The average molecular weight is 184 g/mol. The predicted molar refractivity (Wildman–Crippen MR) is 56.6 cm³/mol. The summed E-state index contributed by atoms with van der Waals surface area (Å²) in [5, 5.41) is 0. The van der Waals surface area contributed by atoms with E-state index >= 15 is 0 Å². The van der Waals surface area contributed by atoms with Crippen LogP contribution in [-0.4, -0.2) is 0 Å². The zero-order valence-electron chi connectivity index (χ0n) is 6.54. The maximum atomic E-state index is 4.22. The summed E-state index contributed by atoms with van der Waals surface area (Å²) in [4.78, 5) is 0. The smallest absolute Gasteiger partial charge is 0.0154 e. The van der Waals surface area contributed by atoms with Crippen molar-refractivity contribution < 1.29 is 0 Å². The van der Waals surface area contributed by atoms with Gasteiger partial charge in [0.05, 0.1) is 0 Å². The third-order valence-corrected chi connectivity index (χ3v) is 2.29. The third kappa shape index (κ3) is 2.46. The van der Waals surface area contributed by atoms with E-state index in [2.05, 4.69) is 50.4 Å². The average Bonchev–Trinajstić information content (AvgIpc) is 2.03. The van der Waals surface area contributed by atoms with Crippen molar-refractivity contribution in [2.24, 2.45) is 0 Å². The Morgan fingerprint density at radius 2 is 1.45 bits per heavy atom. The van der Waals surface area contributed by atoms with Crippen molar-refractivity contribution in [3.05, 3.63) is 34.9 Å². The minimum absolute atomic E-state index is 0.808. The fourth-order valence-corrected chi connectivity index (χ4v) is 1.50. The molecule has 0 atom stereocenters. The molecule has 2 heteroatoms. The van der Waals surface area contributed by atoms with Gasteiger partial charge in [0, 0.05) is 11.5 Å². The van der Waals surface area contributed by atoms with Gasteiger partial charge in [-0.1, -0.05) is 23.8 Å². The molecule has 0 aliphatic heterocycles. The summed E-state index contributed by atoms with van der Waals surface area (Å²) in [6, 6.07) is 6.45. The lowest BCUT2D eigenvalue weighted by Crippen LogP contribution is -1.85. The quantitative estimate of drug-likeness (QED) is 0.649. The second kappa shape index (κ2) is 4.07. The van der Waals surface area contributed by atoms with Gasteiger partial charge in [-0.3, -0.25) is 0 Å². The monoisotopic (exact) mass is 184 g/mol. The molecule has 60 valence electrons. The lowest BCUT2D eigenvalue weighted by Gasteiger charge is -2.02. The first kappa shape index (κ1) is 9.01. The van der Waals surface area contributed by atoms with E-state index in [0.717, 1.165) is 11.5 Å². The van der Waals surface area contributed by atoms with Crippen molar-refractivity contribution >= 4 is 25.3 Å². The van der Waals surface area contributed by atoms with Crippen molar-refractivity contribution in [3.63, 3.8) is 0 Å². The van der Waals surface area contributed by atoms with Crippen LogP contribution in [0.15, 0.2) is 18.2 Å². The first-order valence-corrected chi connectivity index (χ1v) is 4.84. The molecule has 1 rings (SSSR count). The molecule has 0 saturated heterocycles. The summed E-state index contributed by atoms with van der Waals surface area (Å²) in [5.41, 5.74) is 3.84. The topological polar surface area (TPSA) is 0 Å². The highest BCUT2D eigenvalue weighted by atomic mass is 32.1. The van der Waals surface area contributed by atoms with Gasteiger partial charge in [-0.2, -0.15) is 25.3 Å². The van der Waals surface area contributed by atoms with Crippen molar-refractivity contribution in [3.8, 4) is 0 Å². The predicted octanol–water partition coefficient (Wildman–Crippen LogP) is 2.85. The molecule has 0 aliphatic carbocycles. The molecule has 0 nitrogen and oxygen atoms in total. The van der Waals surface area contributed by atoms with Crippen LogP contribution in [0.2, 0.25) is 0 Å². The van der Waals surface area contributed by atoms with Gasteiger partial charge in [-0.15, -0.1) is 0 Å². The Morgan fingerprint density at radius 1 is 1.00 bits per heavy atom. The van der Waals surface area contributed by atoms with Gasteiger partial charge >= 0.3 is 0 Å². The highest BCUT2D eigenvalue weighted by Gasteiger charge is 1.94. The number of hydrogen-bond donors (Lipinski definition) is 2. The summed E-state index contributed by atoms with van der Waals surface area (Å²) in [6.45, 7) is 2.10. The molecule has 0 aromatic heterocycles. The lowest BCUT2D eigenvalue weighted by atomic mass is 10.1. The number of thiol groups is 2. The van der Waals surface area contributed by atoms with Crippen LogP contribution in [0.4, 0.5) is 0 Å². The van der Waals surface area contributed by atoms with Gasteiger partial charge in [0.15, 0.2) is 0 Å². The molecule has 1 aromatic rings. The fourth-order valence-electron chi connectivity index (χ4n) is 1.13. The van der Waals surface area contributed by atoms with Crippen LogP contribution in [0.3, 0.4) is 0 Å². The molecule has 11 heavy (non-hydrogen) atoms. The number of rotatable bonds is 2. The Bertz CT molecular complexity index is 221. The molecule has 0 aliphatic rings. The van der Waals surface area contributed by atoms with Crippen LogP contribution < -0.4 is 0 Å². The van der Waals surface area contributed by atoms with Crippen LogP contribution in [-0.2, 0) is 11.5 Å². The molecule has 0 amide bonds. The SMILES string of the molecule is Cc1cc(CS)cc(CS)c1. The Labute approximate surface area is 78.8 Å². The van der Waals surface area contributed by atoms with Gasteiger partial charge in [0.25, 0.3) is 0 Å². The molecule has 0 radical (unpaired) electrons. The van der Waals surface area contributed by atoms with E-state index in [0.29, 0.717) is 0 Å². The van der Waals surface area contributed by atoms with E-state index in [1.54, 1.807) is 0 Å². The van der Waals surface area contributed by atoms with E-state index in [9.17, 15) is 0 Å². The number of aryl methyl sites for hydroxylation is 1. The van der Waals surface area contributed by atoms with Gasteiger partial charge < -0.3 is 0 Å². The summed E-state index contributed by atoms with van der Waals surface area (Å²) < 4.78 is 0. The normalized spacial score (nSPS) is 10.1. The maximum absolute atomic E-state index is 4.22. The Morgan fingerprint density at radius 3 is 1.82 bits per heavy atom. The van der Waals surface area contributed by atoms with Crippen LogP contribution in [0.5, 0.6) is 0 Å². The van der Waals surface area contributed by atoms with Crippen LogP contribution in [0, 0.1) is 6.92 Å². The van der Waals surface area contributed by atoms with Gasteiger partial charge in [0.2, 0.25) is 0 Å². The summed E-state index contributed by atoms with van der Waals surface area (Å²) in [6.07, 6.45) is 0. The minimum Gasteiger partial charge on any atom is -0.175 e. The van der Waals surface area contributed by atoms with Gasteiger partial charge in [-0.05, 0) is 18.1 Å². The Hall–Kier alpha value is -0.0800. The molecular weight excluding hydrogens is 172 g/mol. The summed E-state index contributed by atoms with van der Waals surface area (Å²) in [5.74, 6) is 1.62. The second-order valence-electron chi connectivity index (χ2n) is 2.64. The first-order valence-electron chi connectivity index (χ1n) is 3.57. The Balaban J connectivity index is 3.02. The number of benzene rings is 1. The van der Waals surface area contributed by atoms with Gasteiger partial charge in [0.1, 0.15) is 0 Å². The summed E-state index contributed by atoms with van der Waals surface area (Å²) >= 11 is 8.44. The maximum Gasteiger partial charge on any atom is 0.0154 e. The second-order valence-corrected chi connectivity index (χ2v) is 3.28. The van der Waals surface area contributed by atoms with Crippen molar-refractivity contribution in [2.45, 2.75) is 18.4 Å². The van der Waals surface area contributed by atoms with Crippen LogP contribution in [0.1, 0.15) is 16.7 Å². The standard InChI is InChI=1S/C9H12S2/c1-7-2-8(5-10)4-9(3-7)6-11/h2-4,10-11H,5-6H2,1H3. The zero-order valence-corrected chi connectivity index (χ0v) is 8.33. The Kier molecular flexibility index (Phi) is 3.34. The van der Waals surface area contributed by atoms with E-state index in [4.69, 9.17) is 0 Å². The van der Waals surface area contributed by atoms with E-state index in [1.165, 1.54) is 16.7 Å². The van der Waals surface area contributed by atoms with Crippen molar-refractivity contribution in [1.82, 2.24) is 0 Å². The van der Waals surface area contributed by atoms with Crippen molar-refractivity contribution in [2.75, 3.05) is 0 Å². The molecule has 0 fully saturated rings. The molecule has 0 bridgehead atoms. The summed E-state index contributed by atoms with van der Waals surface area (Å²) in [7, 11) is 0. The highest BCUT2D eigenvalue weighted by molar-refractivity contribution is 7.79. The molecule has 0 unspecified atom stereocenters. The molecular formula is C9H12S2. The zero-order chi connectivity index (χ0) is 8.27. The van der Waals surface area contributed by atoms with Crippen LogP contribution in [0.25, 0.3) is 0 Å². The molecule has 0 N–H and O–H groups in total. The molecule has 0 saturated carbocycles. The van der Waals surface area contributed by atoms with Crippen molar-refractivity contribution in [1.29, 1.82) is 0 Å². The van der Waals surface area contributed by atoms with E-state index < -0.39 is 0 Å². The van der Waals surface area contributed by atoms with E-state index in [-0.39, 0.29) is 0 Å². The molecule has 1 aromatic carbocycles.